The maximum absolute atomic E-state index is 12.8. The number of pyridine rings is 1. The molecule has 2 aliphatic heterocycles. The summed E-state index contributed by atoms with van der Waals surface area (Å²) in [6.07, 6.45) is 3.90. The second-order valence-corrected chi connectivity index (χ2v) is 7.83. The van der Waals surface area contributed by atoms with Gasteiger partial charge in [0.15, 0.2) is 11.5 Å². The van der Waals surface area contributed by atoms with Gasteiger partial charge < -0.3 is 25.0 Å². The molecule has 1 atom stereocenters. The first-order valence-electron chi connectivity index (χ1n) is 10.7. The number of hydrogen-bond donors (Lipinski definition) is 3. The first-order chi connectivity index (χ1) is 15.3. The summed E-state index contributed by atoms with van der Waals surface area (Å²) in [5, 5.41) is 15.1. The Morgan fingerprint density at radius 2 is 2.16 bits per heavy atom. The number of nitrogens with zero attached hydrogens (tertiary/aromatic N) is 3. The van der Waals surface area contributed by atoms with E-state index in [0.29, 0.717) is 55.1 Å². The normalized spacial score (nSPS) is 19.4. The summed E-state index contributed by atoms with van der Waals surface area (Å²) >= 11 is 0. The number of fused-ring (bicyclic) bond motifs is 1. The lowest BCUT2D eigenvalue weighted by atomic mass is 10.1. The molecule has 9 heteroatoms. The Balaban J connectivity index is 1.39. The fraction of sp³-hybridized carbons (Fsp3) is 0.409. The van der Waals surface area contributed by atoms with Crippen molar-refractivity contribution >= 4 is 22.8 Å². The van der Waals surface area contributed by atoms with Crippen LogP contribution in [-0.2, 0) is 4.74 Å². The molecule has 0 saturated carbocycles. The van der Waals surface area contributed by atoms with Crippen LogP contribution >= 0.6 is 0 Å². The van der Waals surface area contributed by atoms with E-state index >= 15 is 0 Å². The van der Waals surface area contributed by atoms with Gasteiger partial charge in [-0.1, -0.05) is 6.07 Å². The number of aromatic amines is 1. The Hall–Kier alpha value is -3.17. The Labute approximate surface area is 180 Å². The average Bonchev–Trinajstić information content (AvgIpc) is 3.24. The van der Waals surface area contributed by atoms with Gasteiger partial charge in [0.05, 0.1) is 13.2 Å². The monoisotopic (exact) mass is 422 g/mol. The van der Waals surface area contributed by atoms with Gasteiger partial charge in [-0.25, -0.2) is 4.98 Å². The van der Waals surface area contributed by atoms with Gasteiger partial charge >= 0.3 is 0 Å². The van der Waals surface area contributed by atoms with Crippen molar-refractivity contribution in [2.45, 2.75) is 18.9 Å². The van der Waals surface area contributed by atoms with Crippen molar-refractivity contribution in [2.75, 3.05) is 44.7 Å². The lowest BCUT2D eigenvalue weighted by molar-refractivity contribution is 0.0302. The molecule has 0 unspecified atom stereocenters. The second kappa shape index (κ2) is 8.91. The van der Waals surface area contributed by atoms with Crippen LogP contribution in [0.25, 0.3) is 11.0 Å². The van der Waals surface area contributed by atoms with Crippen molar-refractivity contribution < 1.29 is 14.3 Å². The van der Waals surface area contributed by atoms with Crippen molar-refractivity contribution in [1.29, 1.82) is 0 Å². The van der Waals surface area contributed by atoms with E-state index in [4.69, 9.17) is 9.47 Å². The smallest absolute Gasteiger partial charge is 0.254 e. The number of morpholine rings is 1. The van der Waals surface area contributed by atoms with Gasteiger partial charge in [-0.2, -0.15) is 5.10 Å². The molecule has 2 fully saturated rings. The largest absolute Gasteiger partial charge is 0.456 e. The summed E-state index contributed by atoms with van der Waals surface area (Å²) in [7, 11) is 0. The Kier molecular flexibility index (Phi) is 5.68. The highest BCUT2D eigenvalue weighted by Crippen LogP contribution is 2.33. The van der Waals surface area contributed by atoms with Gasteiger partial charge in [0.1, 0.15) is 16.9 Å². The van der Waals surface area contributed by atoms with Gasteiger partial charge in [-0.15, -0.1) is 0 Å². The van der Waals surface area contributed by atoms with Crippen LogP contribution in [0.1, 0.15) is 23.2 Å². The zero-order valence-corrected chi connectivity index (χ0v) is 17.3. The number of nitrogens with one attached hydrogen (secondary N) is 3. The second-order valence-electron chi connectivity index (χ2n) is 7.83. The van der Waals surface area contributed by atoms with E-state index in [1.54, 1.807) is 12.3 Å². The number of H-pyrrole nitrogens is 1. The predicted molar refractivity (Wildman–Crippen MR) is 117 cm³/mol. The molecule has 2 aliphatic rings. The van der Waals surface area contributed by atoms with Crippen molar-refractivity contribution in [3.05, 3.63) is 42.1 Å². The third-order valence-corrected chi connectivity index (χ3v) is 5.67. The molecule has 2 aromatic heterocycles. The highest BCUT2D eigenvalue weighted by atomic mass is 16.5. The predicted octanol–water partition coefficient (Wildman–Crippen LogP) is 2.39. The molecular formula is C22H26N6O3. The Bertz CT molecular complexity index is 1060. The average molecular weight is 422 g/mol. The molecule has 31 heavy (non-hydrogen) atoms. The first-order valence-corrected chi connectivity index (χ1v) is 10.7. The third-order valence-electron chi connectivity index (χ3n) is 5.67. The molecule has 0 aliphatic carbocycles. The van der Waals surface area contributed by atoms with Gasteiger partial charge in [-0.05, 0) is 37.6 Å². The quantitative estimate of drug-likeness (QED) is 0.580. The molecule has 5 rings (SSSR count). The third kappa shape index (κ3) is 4.33. The van der Waals surface area contributed by atoms with E-state index in [0.717, 1.165) is 37.1 Å². The number of carbonyl (C=O) groups is 1. The molecule has 3 aromatic rings. The lowest BCUT2D eigenvalue weighted by Gasteiger charge is -2.27. The summed E-state index contributed by atoms with van der Waals surface area (Å²) < 4.78 is 11.6. The summed E-state index contributed by atoms with van der Waals surface area (Å²) in [5.74, 6) is 1.95. The minimum atomic E-state index is -0.0101. The van der Waals surface area contributed by atoms with Gasteiger partial charge in [0.2, 0.25) is 0 Å². The fourth-order valence-electron chi connectivity index (χ4n) is 4.05. The number of hydrogen-bond acceptors (Lipinski definition) is 7. The van der Waals surface area contributed by atoms with Gasteiger partial charge in [0.25, 0.3) is 5.91 Å². The molecular weight excluding hydrogens is 396 g/mol. The first kappa shape index (κ1) is 19.8. The molecule has 0 bridgehead atoms. The number of amides is 1. The molecule has 2 saturated heterocycles. The number of aromatic nitrogens is 3. The number of anilines is 1. The summed E-state index contributed by atoms with van der Waals surface area (Å²) in [6.45, 7) is 4.31. The number of benzene rings is 1. The Morgan fingerprint density at radius 3 is 3.00 bits per heavy atom. The summed E-state index contributed by atoms with van der Waals surface area (Å²) in [5.41, 5.74) is 1.26. The fourth-order valence-corrected chi connectivity index (χ4v) is 4.05. The van der Waals surface area contributed by atoms with E-state index in [2.05, 4.69) is 25.8 Å². The number of piperidine rings is 1. The topological polar surface area (TPSA) is 104 Å². The van der Waals surface area contributed by atoms with Crippen LogP contribution in [0, 0.1) is 0 Å². The number of rotatable bonds is 5. The zero-order valence-electron chi connectivity index (χ0n) is 17.3. The van der Waals surface area contributed by atoms with Crippen molar-refractivity contribution in [1.82, 2.24) is 25.4 Å². The van der Waals surface area contributed by atoms with Crippen LogP contribution in [0.3, 0.4) is 0 Å². The van der Waals surface area contributed by atoms with Crippen LogP contribution in [0.2, 0.25) is 0 Å². The van der Waals surface area contributed by atoms with E-state index in [1.807, 2.05) is 29.2 Å². The van der Waals surface area contributed by atoms with Gasteiger partial charge in [-0.3, -0.25) is 9.89 Å². The molecule has 0 spiro atoms. The summed E-state index contributed by atoms with van der Waals surface area (Å²) in [4.78, 5) is 19.0. The van der Waals surface area contributed by atoms with Crippen molar-refractivity contribution in [3.8, 4) is 11.5 Å². The molecule has 9 nitrogen and oxygen atoms in total. The van der Waals surface area contributed by atoms with E-state index in [-0.39, 0.29) is 5.91 Å². The molecule has 162 valence electrons. The van der Waals surface area contributed by atoms with Crippen LogP contribution in [0.15, 0.2) is 36.5 Å². The summed E-state index contributed by atoms with van der Waals surface area (Å²) in [6, 6.07) is 9.40. The highest BCUT2D eigenvalue weighted by Gasteiger charge is 2.21. The molecule has 0 radical (unpaired) electrons. The van der Waals surface area contributed by atoms with Crippen LogP contribution < -0.4 is 15.4 Å². The highest BCUT2D eigenvalue weighted by molar-refractivity contribution is 5.95. The van der Waals surface area contributed by atoms with Gasteiger partial charge in [0, 0.05) is 43.5 Å². The number of ether oxygens (including phenoxy) is 2. The number of carbonyl (C=O) groups excluding carboxylic acids is 1. The van der Waals surface area contributed by atoms with Crippen LogP contribution in [0.4, 0.5) is 5.82 Å². The standard InChI is InChI=1S/C22H26N6O3/c29-22(28-9-11-30-12-10-28)15-3-1-5-17(13-15)31-18-6-8-24-20-19(18)21(27-26-20)25-16-4-2-7-23-14-16/h1,3,5-6,8,13,16,23H,2,4,7,9-12,14H2,(H2,24,25,26,27)/t16-/m1/s1. The molecule has 1 amide bonds. The molecule has 4 heterocycles. The maximum atomic E-state index is 12.8. The van der Waals surface area contributed by atoms with Crippen LogP contribution in [-0.4, -0.2) is 71.4 Å². The molecule has 3 N–H and O–H groups in total. The van der Waals surface area contributed by atoms with E-state index in [9.17, 15) is 4.79 Å². The van der Waals surface area contributed by atoms with Crippen molar-refractivity contribution in [2.24, 2.45) is 0 Å². The zero-order chi connectivity index (χ0) is 21.0. The van der Waals surface area contributed by atoms with Crippen LogP contribution in [0.5, 0.6) is 11.5 Å². The molecule has 1 aromatic carbocycles. The minimum absolute atomic E-state index is 0.0101. The van der Waals surface area contributed by atoms with E-state index in [1.165, 1.54) is 0 Å². The lowest BCUT2D eigenvalue weighted by Crippen LogP contribution is -2.40. The maximum Gasteiger partial charge on any atom is 0.254 e. The van der Waals surface area contributed by atoms with E-state index < -0.39 is 0 Å². The SMILES string of the molecule is O=C(c1cccc(Oc2ccnc3[nH]nc(N[C@@H]4CCCNC4)c23)c1)N1CCOCC1. The van der Waals surface area contributed by atoms with Crippen molar-refractivity contribution in [3.63, 3.8) is 0 Å². The minimum Gasteiger partial charge on any atom is -0.456 e. The Morgan fingerprint density at radius 1 is 1.26 bits per heavy atom.